The zero-order valence-electron chi connectivity index (χ0n) is 11.6. The summed E-state index contributed by atoms with van der Waals surface area (Å²) in [4.78, 5) is 11.7. The summed E-state index contributed by atoms with van der Waals surface area (Å²) in [6.07, 6.45) is -0.567. The van der Waals surface area contributed by atoms with E-state index in [1.807, 2.05) is 19.9 Å². The minimum atomic E-state index is -0.553. The number of benzene rings is 1. The van der Waals surface area contributed by atoms with Gasteiger partial charge in [-0.05, 0) is 38.5 Å². The molecule has 0 fully saturated rings. The number of nitrogens with one attached hydrogen (secondary N) is 2. The highest BCUT2D eigenvalue weighted by molar-refractivity contribution is 5.89. The Morgan fingerprint density at radius 3 is 2.79 bits per heavy atom. The van der Waals surface area contributed by atoms with Gasteiger partial charge in [0.15, 0.2) is 0 Å². The first-order valence-electron chi connectivity index (χ1n) is 6.47. The highest BCUT2D eigenvalue weighted by Gasteiger charge is 2.06. The molecule has 3 N–H and O–H groups in total. The molecule has 0 aliphatic heterocycles. The van der Waals surface area contributed by atoms with Crippen molar-refractivity contribution in [1.82, 2.24) is 5.32 Å². The first-order valence-corrected chi connectivity index (χ1v) is 6.47. The summed E-state index contributed by atoms with van der Waals surface area (Å²) in [6.45, 7) is 6.58. The maximum atomic E-state index is 11.7. The molecule has 2 amide bonds. The number of anilines is 1. The van der Waals surface area contributed by atoms with Crippen molar-refractivity contribution in [2.45, 2.75) is 33.0 Å². The first kappa shape index (κ1) is 15.5. The molecular formula is C14H22N2O3. The van der Waals surface area contributed by atoms with Crippen LogP contribution in [0, 0.1) is 0 Å². The third kappa shape index (κ3) is 5.72. The fraction of sp³-hybridized carbons (Fsp3) is 0.500. The number of carbonyl (C=O) groups is 1. The molecule has 106 valence electrons. The van der Waals surface area contributed by atoms with Crippen LogP contribution in [-0.2, 0) is 4.74 Å². The van der Waals surface area contributed by atoms with Gasteiger partial charge in [0.1, 0.15) is 0 Å². The zero-order chi connectivity index (χ0) is 14.3. The molecule has 0 saturated heterocycles. The molecule has 5 nitrogen and oxygen atoms in total. The molecule has 0 aromatic heterocycles. The van der Waals surface area contributed by atoms with Crippen LogP contribution in [0.3, 0.4) is 0 Å². The Kier molecular flexibility index (Phi) is 6.32. The van der Waals surface area contributed by atoms with E-state index in [-0.39, 0.29) is 12.1 Å². The Morgan fingerprint density at radius 1 is 1.42 bits per heavy atom. The predicted octanol–water partition coefficient (Wildman–Crippen LogP) is 2.29. The molecule has 5 heteroatoms. The van der Waals surface area contributed by atoms with Gasteiger partial charge in [-0.25, -0.2) is 4.79 Å². The maximum absolute atomic E-state index is 11.7. The van der Waals surface area contributed by atoms with Gasteiger partial charge < -0.3 is 20.5 Å². The lowest BCUT2D eigenvalue weighted by atomic mass is 10.1. The maximum Gasteiger partial charge on any atom is 0.319 e. The monoisotopic (exact) mass is 266 g/mol. The topological polar surface area (TPSA) is 70.6 Å². The van der Waals surface area contributed by atoms with Gasteiger partial charge in [-0.2, -0.15) is 0 Å². The Hall–Kier alpha value is -1.59. The van der Waals surface area contributed by atoms with Gasteiger partial charge in [0.25, 0.3) is 0 Å². The molecule has 1 rings (SSSR count). The summed E-state index contributed by atoms with van der Waals surface area (Å²) in [5, 5.41) is 14.9. The molecule has 1 aromatic rings. The SMILES string of the molecule is CCOC(C)CNC(=O)Nc1cccc(C(C)O)c1. The van der Waals surface area contributed by atoms with Crippen molar-refractivity contribution in [3.05, 3.63) is 29.8 Å². The van der Waals surface area contributed by atoms with Crippen molar-refractivity contribution in [1.29, 1.82) is 0 Å². The fourth-order valence-electron chi connectivity index (χ4n) is 1.63. The van der Waals surface area contributed by atoms with Crippen LogP contribution < -0.4 is 10.6 Å². The number of aliphatic hydroxyl groups is 1. The fourth-order valence-corrected chi connectivity index (χ4v) is 1.63. The predicted molar refractivity (Wildman–Crippen MR) is 75.2 cm³/mol. The standard InChI is InChI=1S/C14H22N2O3/c1-4-19-10(2)9-15-14(18)16-13-7-5-6-12(8-13)11(3)17/h5-8,10-11,17H,4,9H2,1-3H3,(H2,15,16,18). The second-order valence-corrected chi connectivity index (χ2v) is 4.40. The molecule has 19 heavy (non-hydrogen) atoms. The summed E-state index contributed by atoms with van der Waals surface area (Å²) in [5.74, 6) is 0. The van der Waals surface area contributed by atoms with E-state index in [1.54, 1.807) is 25.1 Å². The van der Waals surface area contributed by atoms with E-state index in [9.17, 15) is 9.90 Å². The van der Waals surface area contributed by atoms with Crippen molar-refractivity contribution in [3.8, 4) is 0 Å². The number of hydrogen-bond donors (Lipinski definition) is 3. The number of rotatable bonds is 6. The van der Waals surface area contributed by atoms with Crippen LogP contribution >= 0.6 is 0 Å². The van der Waals surface area contributed by atoms with Crippen LogP contribution in [0.25, 0.3) is 0 Å². The number of ether oxygens (including phenoxy) is 1. The van der Waals surface area contributed by atoms with Gasteiger partial charge in [-0.1, -0.05) is 12.1 Å². The van der Waals surface area contributed by atoms with E-state index in [0.29, 0.717) is 18.8 Å². The van der Waals surface area contributed by atoms with E-state index < -0.39 is 6.10 Å². The molecule has 0 spiro atoms. The van der Waals surface area contributed by atoms with Crippen molar-refractivity contribution in [2.24, 2.45) is 0 Å². The van der Waals surface area contributed by atoms with E-state index in [4.69, 9.17) is 4.74 Å². The molecule has 1 aromatic carbocycles. The normalized spacial score (nSPS) is 13.7. The second kappa shape index (κ2) is 7.76. The van der Waals surface area contributed by atoms with E-state index >= 15 is 0 Å². The van der Waals surface area contributed by atoms with E-state index in [0.717, 1.165) is 5.56 Å². The molecule has 0 heterocycles. The highest BCUT2D eigenvalue weighted by Crippen LogP contribution is 2.16. The smallest absolute Gasteiger partial charge is 0.319 e. The molecule has 0 radical (unpaired) electrons. The lowest BCUT2D eigenvalue weighted by Crippen LogP contribution is -2.35. The Bertz CT molecular complexity index is 407. The number of urea groups is 1. The van der Waals surface area contributed by atoms with Crippen LogP contribution in [0.2, 0.25) is 0 Å². The summed E-state index contributed by atoms with van der Waals surface area (Å²) in [6, 6.07) is 6.84. The van der Waals surface area contributed by atoms with Crippen molar-refractivity contribution < 1.29 is 14.6 Å². The number of hydrogen-bond acceptors (Lipinski definition) is 3. The number of carbonyl (C=O) groups excluding carboxylic acids is 1. The largest absolute Gasteiger partial charge is 0.389 e. The Balaban J connectivity index is 2.46. The molecule has 2 atom stereocenters. The second-order valence-electron chi connectivity index (χ2n) is 4.40. The molecule has 0 saturated carbocycles. The lowest BCUT2D eigenvalue weighted by Gasteiger charge is -2.14. The van der Waals surface area contributed by atoms with Crippen molar-refractivity contribution >= 4 is 11.7 Å². The van der Waals surface area contributed by atoms with Crippen LogP contribution in [-0.4, -0.2) is 30.4 Å². The molecule has 0 aliphatic rings. The third-order valence-electron chi connectivity index (χ3n) is 2.63. The highest BCUT2D eigenvalue weighted by atomic mass is 16.5. The Labute approximate surface area is 114 Å². The average Bonchev–Trinajstić information content (AvgIpc) is 2.37. The summed E-state index contributed by atoms with van der Waals surface area (Å²) < 4.78 is 5.32. The number of amides is 2. The summed E-state index contributed by atoms with van der Waals surface area (Å²) in [7, 11) is 0. The van der Waals surface area contributed by atoms with Crippen molar-refractivity contribution in [2.75, 3.05) is 18.5 Å². The van der Waals surface area contributed by atoms with Gasteiger partial charge in [-0.3, -0.25) is 0 Å². The quantitative estimate of drug-likeness (QED) is 0.740. The van der Waals surface area contributed by atoms with Crippen LogP contribution in [0.5, 0.6) is 0 Å². The molecule has 0 bridgehead atoms. The van der Waals surface area contributed by atoms with Crippen LogP contribution in [0.4, 0.5) is 10.5 Å². The minimum Gasteiger partial charge on any atom is -0.389 e. The lowest BCUT2D eigenvalue weighted by molar-refractivity contribution is 0.0780. The molecular weight excluding hydrogens is 244 g/mol. The zero-order valence-corrected chi connectivity index (χ0v) is 11.6. The van der Waals surface area contributed by atoms with E-state index in [2.05, 4.69) is 10.6 Å². The van der Waals surface area contributed by atoms with E-state index in [1.165, 1.54) is 0 Å². The van der Waals surface area contributed by atoms with Gasteiger partial charge in [-0.15, -0.1) is 0 Å². The summed E-state index contributed by atoms with van der Waals surface area (Å²) >= 11 is 0. The van der Waals surface area contributed by atoms with Crippen LogP contribution in [0.1, 0.15) is 32.4 Å². The van der Waals surface area contributed by atoms with Gasteiger partial charge >= 0.3 is 6.03 Å². The van der Waals surface area contributed by atoms with Gasteiger partial charge in [0.05, 0.1) is 12.2 Å². The average molecular weight is 266 g/mol. The molecule has 2 unspecified atom stereocenters. The van der Waals surface area contributed by atoms with Crippen molar-refractivity contribution in [3.63, 3.8) is 0 Å². The molecule has 0 aliphatic carbocycles. The third-order valence-corrected chi connectivity index (χ3v) is 2.63. The number of aliphatic hydroxyl groups excluding tert-OH is 1. The summed E-state index contributed by atoms with van der Waals surface area (Å²) in [5.41, 5.74) is 1.42. The van der Waals surface area contributed by atoms with Gasteiger partial charge in [0.2, 0.25) is 0 Å². The van der Waals surface area contributed by atoms with Crippen LogP contribution in [0.15, 0.2) is 24.3 Å². The minimum absolute atomic E-state index is 0.0143. The van der Waals surface area contributed by atoms with Gasteiger partial charge in [0, 0.05) is 18.8 Å². The Morgan fingerprint density at radius 2 is 2.16 bits per heavy atom. The first-order chi connectivity index (χ1) is 9.02.